The molecule has 0 atom stereocenters. The topological polar surface area (TPSA) is 18.5 Å². The molecule has 6 aromatic carbocycles. The Morgan fingerprint density at radius 1 is 0.436 bits per heavy atom. The first-order valence-electron chi connectivity index (χ1n) is 13.4. The molecule has 1 heterocycles. The molecule has 8 rings (SSSR count). The lowest BCUT2D eigenvalue weighted by Gasteiger charge is -2.23. The van der Waals surface area contributed by atoms with Crippen molar-refractivity contribution in [1.82, 2.24) is 0 Å². The van der Waals surface area contributed by atoms with Crippen LogP contribution in [0.1, 0.15) is 25.0 Å². The zero-order valence-electron chi connectivity index (χ0n) is 21.9. The zero-order valence-corrected chi connectivity index (χ0v) is 21.9. The first kappa shape index (κ1) is 22.2. The van der Waals surface area contributed by atoms with Crippen LogP contribution in [0.25, 0.3) is 44.2 Å². The van der Waals surface area contributed by atoms with Gasteiger partial charge < -0.3 is 9.47 Å². The van der Waals surface area contributed by atoms with Gasteiger partial charge in [-0.1, -0.05) is 98.8 Å². The molecule has 1 aliphatic carbocycles. The Hall–Kier alpha value is -4.82. The number of rotatable bonds is 2. The van der Waals surface area contributed by atoms with Crippen LogP contribution < -0.4 is 9.47 Å². The third kappa shape index (κ3) is 3.35. The summed E-state index contributed by atoms with van der Waals surface area (Å²) < 4.78 is 12.3. The summed E-state index contributed by atoms with van der Waals surface area (Å²) in [6.07, 6.45) is 0. The fraction of sp³-hybridized carbons (Fsp3) is 0.0811. The maximum absolute atomic E-state index is 6.18. The SMILES string of the molecule is CC1(C)c2cc(-c3ccc4c(c3)Oc3ccccc3O4)ccc2-c2ccc(-c3cccc4ccccc34)cc21. The first-order chi connectivity index (χ1) is 19.1. The molecule has 2 heteroatoms. The molecule has 0 saturated carbocycles. The largest absolute Gasteiger partial charge is 0.450 e. The van der Waals surface area contributed by atoms with Crippen molar-refractivity contribution >= 4 is 10.8 Å². The van der Waals surface area contributed by atoms with Crippen molar-refractivity contribution in [3.8, 4) is 56.4 Å². The van der Waals surface area contributed by atoms with E-state index in [0.29, 0.717) is 0 Å². The van der Waals surface area contributed by atoms with Crippen LogP contribution in [0.15, 0.2) is 121 Å². The summed E-state index contributed by atoms with van der Waals surface area (Å²) in [6.45, 7) is 4.68. The maximum atomic E-state index is 6.18. The molecule has 0 amide bonds. The highest BCUT2D eigenvalue weighted by atomic mass is 16.6. The lowest BCUT2D eigenvalue weighted by molar-refractivity contribution is 0.360. The number of hydrogen-bond donors (Lipinski definition) is 0. The first-order valence-corrected chi connectivity index (χ1v) is 13.4. The van der Waals surface area contributed by atoms with Crippen LogP contribution in [0.5, 0.6) is 23.0 Å². The van der Waals surface area contributed by atoms with Crippen molar-refractivity contribution in [3.63, 3.8) is 0 Å². The minimum Gasteiger partial charge on any atom is -0.450 e. The Balaban J connectivity index is 1.19. The van der Waals surface area contributed by atoms with Gasteiger partial charge in [0, 0.05) is 5.41 Å². The second-order valence-corrected chi connectivity index (χ2v) is 11.0. The number of benzene rings is 6. The van der Waals surface area contributed by atoms with Crippen LogP contribution in [0.2, 0.25) is 0 Å². The summed E-state index contributed by atoms with van der Waals surface area (Å²) in [6, 6.07) is 43.0. The molecule has 2 nitrogen and oxygen atoms in total. The van der Waals surface area contributed by atoms with E-state index in [4.69, 9.17) is 9.47 Å². The van der Waals surface area contributed by atoms with Gasteiger partial charge in [-0.2, -0.15) is 0 Å². The van der Waals surface area contributed by atoms with Gasteiger partial charge in [-0.3, -0.25) is 0 Å². The number of para-hydroxylation sites is 2. The second-order valence-electron chi connectivity index (χ2n) is 11.0. The van der Waals surface area contributed by atoms with E-state index in [1.54, 1.807) is 0 Å². The monoisotopic (exact) mass is 502 g/mol. The van der Waals surface area contributed by atoms with E-state index in [0.717, 1.165) is 28.6 Å². The Morgan fingerprint density at radius 3 is 1.79 bits per heavy atom. The van der Waals surface area contributed by atoms with Gasteiger partial charge in [0.15, 0.2) is 23.0 Å². The van der Waals surface area contributed by atoms with Crippen molar-refractivity contribution in [2.75, 3.05) is 0 Å². The summed E-state index contributed by atoms with van der Waals surface area (Å²) in [5, 5.41) is 2.56. The molecule has 0 unspecified atom stereocenters. The van der Waals surface area contributed by atoms with E-state index < -0.39 is 0 Å². The van der Waals surface area contributed by atoms with Crippen LogP contribution in [-0.2, 0) is 5.41 Å². The summed E-state index contributed by atoms with van der Waals surface area (Å²) in [7, 11) is 0. The molecule has 0 N–H and O–H groups in total. The third-order valence-corrected chi connectivity index (χ3v) is 8.34. The van der Waals surface area contributed by atoms with E-state index in [2.05, 4.69) is 105 Å². The van der Waals surface area contributed by atoms with E-state index in [1.165, 1.54) is 49.7 Å². The average Bonchev–Trinajstić information content (AvgIpc) is 3.21. The van der Waals surface area contributed by atoms with Gasteiger partial charge in [0.25, 0.3) is 0 Å². The van der Waals surface area contributed by atoms with Crippen LogP contribution in [0.4, 0.5) is 0 Å². The zero-order chi connectivity index (χ0) is 26.1. The molecule has 0 aromatic heterocycles. The molecular formula is C37H26O2. The molecule has 0 radical (unpaired) electrons. The van der Waals surface area contributed by atoms with Crippen LogP contribution >= 0.6 is 0 Å². The molecule has 0 bridgehead atoms. The highest BCUT2D eigenvalue weighted by Gasteiger charge is 2.36. The van der Waals surface area contributed by atoms with E-state index >= 15 is 0 Å². The van der Waals surface area contributed by atoms with Gasteiger partial charge in [-0.15, -0.1) is 0 Å². The lowest BCUT2D eigenvalue weighted by Crippen LogP contribution is -2.15. The fourth-order valence-electron chi connectivity index (χ4n) is 6.27. The van der Waals surface area contributed by atoms with Crippen molar-refractivity contribution < 1.29 is 9.47 Å². The third-order valence-electron chi connectivity index (χ3n) is 8.34. The Kier molecular flexibility index (Phi) is 4.60. The molecule has 1 aliphatic heterocycles. The Bertz CT molecular complexity index is 1940. The number of ether oxygens (including phenoxy) is 2. The summed E-state index contributed by atoms with van der Waals surface area (Å²) in [5.74, 6) is 2.98. The molecule has 0 spiro atoms. The number of fused-ring (bicyclic) bond motifs is 6. The smallest absolute Gasteiger partial charge is 0.170 e. The quantitative estimate of drug-likeness (QED) is 0.234. The minimum atomic E-state index is -0.117. The average molecular weight is 503 g/mol. The van der Waals surface area contributed by atoms with Crippen LogP contribution in [-0.4, -0.2) is 0 Å². The van der Waals surface area contributed by atoms with Crippen molar-refractivity contribution in [2.45, 2.75) is 19.3 Å². The number of hydrogen-bond acceptors (Lipinski definition) is 2. The summed E-state index contributed by atoms with van der Waals surface area (Å²) in [4.78, 5) is 0. The maximum Gasteiger partial charge on any atom is 0.170 e. The molecule has 186 valence electrons. The molecule has 2 aliphatic rings. The fourth-order valence-corrected chi connectivity index (χ4v) is 6.27. The lowest BCUT2D eigenvalue weighted by atomic mass is 9.80. The molecular weight excluding hydrogens is 476 g/mol. The van der Waals surface area contributed by atoms with Gasteiger partial charge in [-0.05, 0) is 91.7 Å². The highest BCUT2D eigenvalue weighted by Crippen LogP contribution is 2.52. The van der Waals surface area contributed by atoms with E-state index in [9.17, 15) is 0 Å². The molecule has 39 heavy (non-hydrogen) atoms. The van der Waals surface area contributed by atoms with Crippen molar-refractivity contribution in [3.05, 3.63) is 132 Å². The Morgan fingerprint density at radius 2 is 1.00 bits per heavy atom. The van der Waals surface area contributed by atoms with E-state index in [1.807, 2.05) is 30.3 Å². The van der Waals surface area contributed by atoms with Gasteiger partial charge in [0.2, 0.25) is 0 Å². The molecule has 0 fully saturated rings. The van der Waals surface area contributed by atoms with Gasteiger partial charge >= 0.3 is 0 Å². The Labute approximate surface area is 228 Å². The molecule has 0 saturated heterocycles. The normalized spacial score (nSPS) is 14.0. The predicted octanol–water partition coefficient (Wildman–Crippen LogP) is 10.4. The second kappa shape index (κ2) is 8.09. The van der Waals surface area contributed by atoms with Gasteiger partial charge in [0.05, 0.1) is 0 Å². The predicted molar refractivity (Wildman–Crippen MR) is 159 cm³/mol. The standard InChI is InChI=1S/C37H26O2/c1-37(2)31-20-24(25-16-19-35-36(22-25)39-34-13-6-5-12-33(34)38-35)14-17-29(31)30-18-15-26(21-32(30)37)28-11-7-9-23-8-3-4-10-27(23)28/h3-22H,1-2H3. The minimum absolute atomic E-state index is 0.117. The van der Waals surface area contributed by atoms with Gasteiger partial charge in [-0.25, -0.2) is 0 Å². The van der Waals surface area contributed by atoms with Crippen molar-refractivity contribution in [2.24, 2.45) is 0 Å². The molecule has 6 aromatic rings. The highest BCUT2D eigenvalue weighted by molar-refractivity contribution is 5.97. The summed E-state index contributed by atoms with van der Waals surface area (Å²) >= 11 is 0. The van der Waals surface area contributed by atoms with E-state index in [-0.39, 0.29) is 5.41 Å². The summed E-state index contributed by atoms with van der Waals surface area (Å²) in [5.41, 5.74) is 10.1. The van der Waals surface area contributed by atoms with Crippen LogP contribution in [0, 0.1) is 0 Å². The van der Waals surface area contributed by atoms with Crippen molar-refractivity contribution in [1.29, 1.82) is 0 Å². The van der Waals surface area contributed by atoms with Crippen LogP contribution in [0.3, 0.4) is 0 Å². The van der Waals surface area contributed by atoms with Gasteiger partial charge in [0.1, 0.15) is 0 Å².